The van der Waals surface area contributed by atoms with Crippen molar-refractivity contribution in [2.75, 3.05) is 19.7 Å². The summed E-state index contributed by atoms with van der Waals surface area (Å²) in [4.78, 5) is 49.3. The van der Waals surface area contributed by atoms with Gasteiger partial charge in [-0.3, -0.25) is 14.4 Å². The molecule has 11 heteroatoms. The Morgan fingerprint density at radius 2 is 1.62 bits per heavy atom. The molecule has 2 saturated heterocycles. The van der Waals surface area contributed by atoms with Crippen LogP contribution in [-0.2, 0) is 27.6 Å². The van der Waals surface area contributed by atoms with Gasteiger partial charge in [0.2, 0.25) is 17.7 Å². The van der Waals surface area contributed by atoms with Gasteiger partial charge in [-0.25, -0.2) is 4.68 Å². The Labute approximate surface area is 266 Å². The maximum absolute atomic E-state index is 14.8. The van der Waals surface area contributed by atoms with E-state index in [4.69, 9.17) is 0 Å². The number of nitrogens with zero attached hydrogens (tertiary/aromatic N) is 6. The first kappa shape index (κ1) is 29.7. The van der Waals surface area contributed by atoms with Gasteiger partial charge in [-0.2, -0.15) is 0 Å². The number of thioether (sulfide) groups is 1. The van der Waals surface area contributed by atoms with Crippen molar-refractivity contribution in [3.05, 3.63) is 84.5 Å². The molecule has 1 aromatic heterocycles. The van der Waals surface area contributed by atoms with Gasteiger partial charge < -0.3 is 19.8 Å². The Morgan fingerprint density at radius 3 is 2.38 bits per heavy atom. The lowest BCUT2D eigenvalue weighted by Gasteiger charge is -2.40. The Balaban J connectivity index is 1.31. The SMILES string of the molecule is CC(C)[C@H](CO)N1C(=O)[C@@H]2[C@@H]3C(=O)N(Cc4ccccc4)CC=C[C@]3(C)S[C@@]23C=CCN(Cn2nnc4ccccc42)C(=O)C13. The van der Waals surface area contributed by atoms with Gasteiger partial charge in [0.15, 0.2) is 0 Å². The van der Waals surface area contributed by atoms with Crippen molar-refractivity contribution in [1.82, 2.24) is 29.7 Å². The van der Waals surface area contributed by atoms with Crippen molar-refractivity contribution < 1.29 is 19.5 Å². The van der Waals surface area contributed by atoms with E-state index < -0.39 is 33.4 Å². The monoisotopic (exact) mass is 626 g/mol. The lowest BCUT2D eigenvalue weighted by atomic mass is 9.74. The topological polar surface area (TPSA) is 112 Å². The number of fused-ring (bicyclic) bond motifs is 3. The first-order valence-corrected chi connectivity index (χ1v) is 16.4. The van der Waals surface area contributed by atoms with Crippen LogP contribution in [0.5, 0.6) is 0 Å². The molecule has 7 rings (SSSR count). The van der Waals surface area contributed by atoms with Crippen LogP contribution in [0.1, 0.15) is 26.3 Å². The molecular formula is C34H38N6O4S. The summed E-state index contributed by atoms with van der Waals surface area (Å²) >= 11 is 1.55. The van der Waals surface area contributed by atoms with Crippen LogP contribution in [0, 0.1) is 17.8 Å². The Kier molecular flexibility index (Phi) is 7.36. The molecule has 4 aliphatic rings. The summed E-state index contributed by atoms with van der Waals surface area (Å²) in [5, 5.41) is 19.2. The van der Waals surface area contributed by atoms with E-state index >= 15 is 0 Å². The molecule has 1 unspecified atom stereocenters. The van der Waals surface area contributed by atoms with Crippen LogP contribution in [0.25, 0.3) is 11.0 Å². The molecule has 45 heavy (non-hydrogen) atoms. The average molecular weight is 627 g/mol. The first-order chi connectivity index (χ1) is 21.7. The predicted octanol–water partition coefficient (Wildman–Crippen LogP) is 3.09. The van der Waals surface area contributed by atoms with E-state index in [2.05, 4.69) is 16.4 Å². The number of aromatic nitrogens is 3. The molecule has 1 N–H and O–H groups in total. The second kappa shape index (κ2) is 11.1. The lowest BCUT2D eigenvalue weighted by Crippen LogP contribution is -2.58. The van der Waals surface area contributed by atoms with Gasteiger partial charge in [0.25, 0.3) is 0 Å². The summed E-state index contributed by atoms with van der Waals surface area (Å²) in [6, 6.07) is 16.0. The zero-order chi connectivity index (χ0) is 31.5. The number of aliphatic hydroxyl groups excluding tert-OH is 1. The lowest BCUT2D eigenvalue weighted by molar-refractivity contribution is -0.148. The zero-order valence-electron chi connectivity index (χ0n) is 25.7. The van der Waals surface area contributed by atoms with E-state index in [1.807, 2.05) is 98.5 Å². The molecule has 6 atom stereocenters. The molecule has 5 heterocycles. The number of carbonyl (C=O) groups is 3. The minimum Gasteiger partial charge on any atom is -0.394 e. The van der Waals surface area contributed by atoms with Gasteiger partial charge in [0, 0.05) is 24.4 Å². The van der Waals surface area contributed by atoms with Crippen molar-refractivity contribution in [3.8, 4) is 0 Å². The summed E-state index contributed by atoms with van der Waals surface area (Å²) in [5.74, 6) is -2.12. The average Bonchev–Trinajstić information content (AvgIpc) is 3.56. The molecule has 3 amide bonds. The Bertz CT molecular complexity index is 1710. The molecule has 10 nitrogen and oxygen atoms in total. The summed E-state index contributed by atoms with van der Waals surface area (Å²) in [7, 11) is 0. The second-order valence-corrected chi connectivity index (χ2v) is 14.8. The number of rotatable bonds is 7. The highest BCUT2D eigenvalue weighted by molar-refractivity contribution is 8.02. The highest BCUT2D eigenvalue weighted by atomic mass is 32.2. The van der Waals surface area contributed by atoms with Crippen LogP contribution in [0.15, 0.2) is 78.9 Å². The van der Waals surface area contributed by atoms with Gasteiger partial charge in [-0.1, -0.05) is 85.8 Å². The van der Waals surface area contributed by atoms with Crippen molar-refractivity contribution >= 4 is 40.5 Å². The normalized spacial score (nSPS) is 30.1. The zero-order valence-corrected chi connectivity index (χ0v) is 26.5. The summed E-state index contributed by atoms with van der Waals surface area (Å²) in [6.45, 7) is 6.99. The van der Waals surface area contributed by atoms with Crippen LogP contribution < -0.4 is 0 Å². The number of hydrogen-bond acceptors (Lipinski definition) is 7. The fraction of sp³-hybridized carbons (Fsp3) is 0.441. The quantitative estimate of drug-likeness (QED) is 0.402. The largest absolute Gasteiger partial charge is 0.394 e. The van der Waals surface area contributed by atoms with Gasteiger partial charge in [0.1, 0.15) is 18.2 Å². The summed E-state index contributed by atoms with van der Waals surface area (Å²) < 4.78 is -0.00312. The molecule has 0 radical (unpaired) electrons. The number of aliphatic hydroxyl groups is 1. The van der Waals surface area contributed by atoms with Gasteiger partial charge in [-0.05, 0) is 30.5 Å². The third kappa shape index (κ3) is 4.62. The number of para-hydroxylation sites is 1. The molecule has 0 saturated carbocycles. The van der Waals surface area contributed by atoms with Crippen molar-refractivity contribution in [2.24, 2.45) is 17.8 Å². The van der Waals surface area contributed by atoms with Crippen LogP contribution in [0.3, 0.4) is 0 Å². The molecule has 3 aromatic rings. The second-order valence-electron chi connectivity index (χ2n) is 13.0. The van der Waals surface area contributed by atoms with E-state index in [-0.39, 0.29) is 36.9 Å². The number of benzene rings is 2. The predicted molar refractivity (Wildman–Crippen MR) is 171 cm³/mol. The summed E-state index contributed by atoms with van der Waals surface area (Å²) in [5.41, 5.74) is 2.55. The summed E-state index contributed by atoms with van der Waals surface area (Å²) in [6.07, 6.45) is 8.07. The van der Waals surface area contributed by atoms with Crippen LogP contribution >= 0.6 is 11.8 Å². The van der Waals surface area contributed by atoms with Crippen LogP contribution in [0.4, 0.5) is 0 Å². The Hall–Kier alpha value is -3.96. The molecule has 234 valence electrons. The van der Waals surface area contributed by atoms with Gasteiger partial charge >= 0.3 is 0 Å². The molecule has 0 aliphatic carbocycles. The minimum absolute atomic E-state index is 0.0872. The highest BCUT2D eigenvalue weighted by Crippen LogP contribution is 2.66. The van der Waals surface area contributed by atoms with Crippen molar-refractivity contribution in [3.63, 3.8) is 0 Å². The van der Waals surface area contributed by atoms with E-state index in [0.29, 0.717) is 19.6 Å². The fourth-order valence-corrected chi connectivity index (χ4v) is 9.94. The van der Waals surface area contributed by atoms with E-state index in [1.54, 1.807) is 26.2 Å². The van der Waals surface area contributed by atoms with Gasteiger partial charge in [-0.15, -0.1) is 16.9 Å². The maximum Gasteiger partial charge on any atom is 0.248 e. The minimum atomic E-state index is -0.995. The molecule has 0 bridgehead atoms. The van der Waals surface area contributed by atoms with Gasteiger partial charge in [0.05, 0.1) is 34.7 Å². The highest BCUT2D eigenvalue weighted by Gasteiger charge is 2.74. The van der Waals surface area contributed by atoms with Crippen LogP contribution in [0.2, 0.25) is 0 Å². The standard InChI is InChI=1S/C34H38N6O4S/c1-22(2)26(20-41)40-29-32(44)38(21-39-25-14-8-7-13-24(25)35-36-39)18-10-16-34(29)28(31(40)43)27-30(42)37(17-9-15-33(27,3)45-34)19-23-11-5-4-6-12-23/h4-16,22,26-29,41H,17-21H2,1-3H3/t26-,27+,28-,29?,33-,34-/m0/s1. The number of likely N-dealkylation sites (tertiary alicyclic amines) is 1. The van der Waals surface area contributed by atoms with E-state index in [9.17, 15) is 19.5 Å². The van der Waals surface area contributed by atoms with Crippen LogP contribution in [-0.4, -0.2) is 93.8 Å². The first-order valence-electron chi connectivity index (χ1n) is 15.6. The Morgan fingerprint density at radius 1 is 0.911 bits per heavy atom. The molecular weight excluding hydrogens is 588 g/mol. The molecule has 2 aromatic carbocycles. The number of amides is 3. The third-order valence-corrected chi connectivity index (χ3v) is 11.7. The smallest absolute Gasteiger partial charge is 0.248 e. The van der Waals surface area contributed by atoms with Crippen molar-refractivity contribution in [1.29, 1.82) is 0 Å². The van der Waals surface area contributed by atoms with Crippen molar-refractivity contribution in [2.45, 2.75) is 55.6 Å². The third-order valence-electron chi connectivity index (χ3n) is 9.92. The maximum atomic E-state index is 14.8. The van der Waals surface area contributed by atoms with E-state index in [0.717, 1.165) is 16.6 Å². The fourth-order valence-electron chi connectivity index (χ4n) is 7.79. The van der Waals surface area contributed by atoms with E-state index in [1.165, 1.54) is 0 Å². The number of carbonyl (C=O) groups excluding carboxylic acids is 3. The molecule has 4 aliphatic heterocycles. The number of hydrogen-bond donors (Lipinski definition) is 1. The molecule has 1 spiro atoms. The molecule has 2 fully saturated rings.